The van der Waals surface area contributed by atoms with Crippen molar-refractivity contribution < 1.29 is 52.6 Å². The first kappa shape index (κ1) is 42.6. The zero-order valence-electron chi connectivity index (χ0n) is 36.1. The highest BCUT2D eigenvalue weighted by Gasteiger charge is 2.54. The molecule has 0 bridgehead atoms. The van der Waals surface area contributed by atoms with Gasteiger partial charge in [-0.25, -0.2) is 4.90 Å². The molecule has 14 heteroatoms. The van der Waals surface area contributed by atoms with Crippen molar-refractivity contribution in [1.29, 1.82) is 0 Å². The van der Waals surface area contributed by atoms with Gasteiger partial charge in [-0.15, -0.1) is 0 Å². The van der Waals surface area contributed by atoms with Crippen LogP contribution in [-0.4, -0.2) is 105 Å². The van der Waals surface area contributed by atoms with Crippen molar-refractivity contribution in [3.05, 3.63) is 143 Å². The molecule has 0 saturated carbocycles. The first-order valence-corrected chi connectivity index (χ1v) is 22.5. The van der Waals surface area contributed by atoms with Crippen LogP contribution in [0.2, 0.25) is 0 Å². The average molecular weight is 884 g/mol. The molecule has 0 spiro atoms. The van der Waals surface area contributed by atoms with Crippen LogP contribution in [0.4, 0.5) is 0 Å². The van der Waals surface area contributed by atoms with E-state index in [1.54, 1.807) is 0 Å². The zero-order valence-corrected chi connectivity index (χ0v) is 36.1. The number of ether oxygens (including phenoxy) is 8. The van der Waals surface area contributed by atoms with Gasteiger partial charge in [0, 0.05) is 13.1 Å². The summed E-state index contributed by atoms with van der Waals surface area (Å²) in [7, 11) is 0. The van der Waals surface area contributed by atoms with E-state index in [4.69, 9.17) is 37.9 Å². The van der Waals surface area contributed by atoms with Gasteiger partial charge in [-0.3, -0.25) is 14.9 Å². The summed E-state index contributed by atoms with van der Waals surface area (Å²) in [5.74, 6) is 3.99. The third-order valence-corrected chi connectivity index (χ3v) is 12.6. The Kier molecular flexibility index (Phi) is 12.7. The molecule has 0 radical (unpaired) electrons. The quantitative estimate of drug-likeness (QED) is 0.152. The second-order valence-electron chi connectivity index (χ2n) is 16.7. The van der Waals surface area contributed by atoms with Crippen molar-refractivity contribution in [2.45, 2.75) is 55.8 Å². The fourth-order valence-corrected chi connectivity index (χ4v) is 9.43. The summed E-state index contributed by atoms with van der Waals surface area (Å²) in [6, 6.07) is 35.7. The fourth-order valence-electron chi connectivity index (χ4n) is 9.43. The topological polar surface area (TPSA) is 147 Å². The summed E-state index contributed by atoms with van der Waals surface area (Å²) in [5.41, 5.74) is 4.75. The molecule has 5 aromatic rings. The highest BCUT2D eigenvalue weighted by Crippen LogP contribution is 2.51. The first-order chi connectivity index (χ1) is 32.0. The number of amides is 1. The molecule has 6 heterocycles. The summed E-state index contributed by atoms with van der Waals surface area (Å²) in [6.07, 6.45) is 1.56. The predicted octanol–water partition coefficient (Wildman–Crippen LogP) is 6.28. The van der Waals surface area contributed by atoms with E-state index in [0.29, 0.717) is 69.1 Å². The summed E-state index contributed by atoms with van der Waals surface area (Å²) >= 11 is 0. The number of aliphatic hydroxyl groups is 1. The maximum atomic E-state index is 13.3. The Bertz CT molecular complexity index is 2450. The normalized spacial score (nSPS) is 22.7. The molecule has 5 aromatic carbocycles. The Hall–Kier alpha value is -6.32. The summed E-state index contributed by atoms with van der Waals surface area (Å²) in [4.78, 5) is 30.6. The monoisotopic (exact) mass is 883 g/mol. The number of cyclic esters (lactones) is 1. The molecule has 3 saturated heterocycles. The van der Waals surface area contributed by atoms with Crippen LogP contribution in [0.3, 0.4) is 0 Å². The lowest BCUT2D eigenvalue weighted by Gasteiger charge is -2.39. The maximum absolute atomic E-state index is 13.3. The molecule has 6 aliphatic heterocycles. The van der Waals surface area contributed by atoms with E-state index in [1.165, 1.54) is 0 Å². The second kappa shape index (κ2) is 19.4. The molecule has 2 unspecified atom stereocenters. The van der Waals surface area contributed by atoms with Gasteiger partial charge in [0.05, 0.1) is 24.7 Å². The molecule has 11 rings (SSSR count). The van der Waals surface area contributed by atoms with Gasteiger partial charge in [-0.2, -0.15) is 0 Å². The minimum atomic E-state index is -0.635. The molecule has 0 aliphatic carbocycles. The van der Waals surface area contributed by atoms with Crippen molar-refractivity contribution in [3.63, 3.8) is 0 Å². The number of hydrogen-bond acceptors (Lipinski definition) is 13. The van der Waals surface area contributed by atoms with Gasteiger partial charge in [0.2, 0.25) is 5.91 Å². The number of fused-ring (bicyclic) bond motifs is 4. The summed E-state index contributed by atoms with van der Waals surface area (Å²) < 4.78 is 46.8. The van der Waals surface area contributed by atoms with Crippen molar-refractivity contribution in [2.75, 3.05) is 65.9 Å². The average Bonchev–Trinajstić information content (AvgIpc) is 4.06. The SMILES string of the molecule is O=C([C@H](Cc1ccc2c(c1)OCCO2)NC(CO)c1ccccc1)N1CCCC1.O=C1OC[C@H](c2ccccc2)N2C1[C@@H](c1ccc3c(c1)OCCO3)O[C@H]2c1ccc2c(c1)OCCO2. The molecular weight excluding hydrogens is 831 g/mol. The Balaban J connectivity index is 0.000000157. The third-order valence-electron chi connectivity index (χ3n) is 12.6. The van der Waals surface area contributed by atoms with Crippen molar-refractivity contribution in [1.82, 2.24) is 15.1 Å². The van der Waals surface area contributed by atoms with Crippen molar-refractivity contribution >= 4 is 11.9 Å². The molecular formula is C51H53N3O11. The smallest absolute Gasteiger partial charge is 0.326 e. The molecule has 2 N–H and O–H groups in total. The molecule has 6 aliphatic rings. The number of carbonyl (C=O) groups excluding carboxylic acids is 2. The lowest BCUT2D eigenvalue weighted by atomic mass is 9.96. The van der Waals surface area contributed by atoms with E-state index in [2.05, 4.69) is 22.3 Å². The predicted molar refractivity (Wildman–Crippen MR) is 237 cm³/mol. The van der Waals surface area contributed by atoms with E-state index in [1.807, 2.05) is 108 Å². The van der Waals surface area contributed by atoms with E-state index in [0.717, 1.165) is 65.2 Å². The van der Waals surface area contributed by atoms with Gasteiger partial charge >= 0.3 is 5.97 Å². The Morgan fingerprint density at radius 1 is 0.631 bits per heavy atom. The maximum Gasteiger partial charge on any atom is 0.326 e. The number of likely N-dealkylation sites (tertiary alicyclic amines) is 1. The van der Waals surface area contributed by atoms with E-state index < -0.39 is 24.4 Å². The number of esters is 1. The Morgan fingerprint density at radius 2 is 1.18 bits per heavy atom. The van der Waals surface area contributed by atoms with Crippen LogP contribution in [0, 0.1) is 0 Å². The summed E-state index contributed by atoms with van der Waals surface area (Å²) in [6.45, 7) is 4.87. The minimum absolute atomic E-state index is 0.0745. The Morgan fingerprint density at radius 3 is 1.82 bits per heavy atom. The number of nitrogens with zero attached hydrogens (tertiary/aromatic N) is 2. The van der Waals surface area contributed by atoms with Crippen LogP contribution >= 0.6 is 0 Å². The van der Waals surface area contributed by atoms with E-state index in [9.17, 15) is 14.7 Å². The third kappa shape index (κ3) is 9.17. The van der Waals surface area contributed by atoms with Crippen LogP contribution in [0.25, 0.3) is 0 Å². The molecule has 1 amide bonds. The van der Waals surface area contributed by atoms with Gasteiger partial charge in [0.15, 0.2) is 34.5 Å². The number of carbonyl (C=O) groups is 2. The van der Waals surface area contributed by atoms with Gasteiger partial charge in [0.1, 0.15) is 64.6 Å². The van der Waals surface area contributed by atoms with Crippen LogP contribution in [-0.2, 0) is 25.5 Å². The molecule has 338 valence electrons. The first-order valence-electron chi connectivity index (χ1n) is 22.5. The van der Waals surface area contributed by atoms with Crippen LogP contribution in [0.15, 0.2) is 115 Å². The van der Waals surface area contributed by atoms with Crippen LogP contribution < -0.4 is 33.7 Å². The molecule has 65 heavy (non-hydrogen) atoms. The Labute approximate surface area is 377 Å². The molecule has 0 aromatic heterocycles. The van der Waals surface area contributed by atoms with Crippen molar-refractivity contribution in [3.8, 4) is 34.5 Å². The van der Waals surface area contributed by atoms with E-state index >= 15 is 0 Å². The highest BCUT2D eigenvalue weighted by molar-refractivity contribution is 5.82. The number of morpholine rings is 1. The number of nitrogens with one attached hydrogen (secondary N) is 1. The van der Waals surface area contributed by atoms with Gasteiger partial charge < -0.3 is 47.9 Å². The number of hydrogen-bond donors (Lipinski definition) is 2. The number of aliphatic hydroxyl groups excluding tert-OH is 1. The molecule has 14 nitrogen and oxygen atoms in total. The van der Waals surface area contributed by atoms with E-state index in [-0.39, 0.29) is 37.2 Å². The standard InChI is InChI=1S/C28H25NO7.C23H28N2O4/c30-28-25-26(18-6-8-21-23(14-18)33-12-10-31-21)36-27(19-7-9-22-24(15-19)34-13-11-32-22)29(25)20(16-35-28)17-4-2-1-3-5-17;26-16-20(18-6-2-1-3-7-18)24-19(23(27)25-10-4-5-11-25)14-17-8-9-21-22(15-17)29-13-12-28-21/h1-9,14-15,20,25-27H,10-13,16H2;1-3,6-9,15,19-20,24,26H,4-5,10-14,16H2/t20-,25?,26-,27+;19-,20?/m10/s1. The van der Waals surface area contributed by atoms with Crippen LogP contribution in [0.5, 0.6) is 34.5 Å². The second-order valence-corrected chi connectivity index (χ2v) is 16.7. The summed E-state index contributed by atoms with van der Waals surface area (Å²) in [5, 5.41) is 13.4. The minimum Gasteiger partial charge on any atom is -0.486 e. The van der Waals surface area contributed by atoms with Gasteiger partial charge in [-0.1, -0.05) is 78.9 Å². The fraction of sp³-hybridized carbons (Fsp3) is 0.373. The highest BCUT2D eigenvalue weighted by atomic mass is 16.6. The van der Waals surface area contributed by atoms with Crippen molar-refractivity contribution in [2.24, 2.45) is 0 Å². The van der Waals surface area contributed by atoms with Gasteiger partial charge in [-0.05, 0) is 83.5 Å². The molecule has 3 fully saturated rings. The zero-order chi connectivity index (χ0) is 44.1. The largest absolute Gasteiger partial charge is 0.486 e. The molecule has 6 atom stereocenters. The lowest BCUT2D eigenvalue weighted by Crippen LogP contribution is -2.49. The number of benzene rings is 5. The van der Waals surface area contributed by atoms with Crippen LogP contribution in [0.1, 0.15) is 65.1 Å². The number of rotatable bonds is 10. The lowest BCUT2D eigenvalue weighted by molar-refractivity contribution is -0.163. The van der Waals surface area contributed by atoms with Gasteiger partial charge in [0.25, 0.3) is 0 Å².